The van der Waals surface area contributed by atoms with E-state index < -0.39 is 5.97 Å². The van der Waals surface area contributed by atoms with Gasteiger partial charge in [0.1, 0.15) is 0 Å². The van der Waals surface area contributed by atoms with Gasteiger partial charge in [-0.3, -0.25) is 4.79 Å². The minimum atomic E-state index is -0.720. The Balaban J connectivity index is 2.36. The van der Waals surface area contributed by atoms with E-state index in [1.165, 1.54) is 27.6 Å². The SMILES string of the molecule is Cc1cc(C)c2c(c1)c(CCCC(=O)O)cn2C. The zero-order valence-electron chi connectivity index (χ0n) is 11.2. The zero-order chi connectivity index (χ0) is 13.3. The monoisotopic (exact) mass is 245 g/mol. The van der Waals surface area contributed by atoms with Gasteiger partial charge < -0.3 is 9.67 Å². The summed E-state index contributed by atoms with van der Waals surface area (Å²) in [6.07, 6.45) is 3.88. The maximum absolute atomic E-state index is 10.6. The highest BCUT2D eigenvalue weighted by Gasteiger charge is 2.09. The summed E-state index contributed by atoms with van der Waals surface area (Å²) in [5.74, 6) is -0.720. The van der Waals surface area contributed by atoms with Crippen molar-refractivity contribution in [2.24, 2.45) is 7.05 Å². The number of aromatic nitrogens is 1. The molecule has 2 rings (SSSR count). The van der Waals surface area contributed by atoms with E-state index in [0.717, 1.165) is 6.42 Å². The van der Waals surface area contributed by atoms with Crippen LogP contribution in [-0.4, -0.2) is 15.6 Å². The molecular formula is C15H19NO2. The minimum absolute atomic E-state index is 0.237. The molecule has 0 radical (unpaired) electrons. The summed E-state index contributed by atoms with van der Waals surface area (Å²) in [5.41, 5.74) is 5.04. The second-order valence-corrected chi connectivity index (χ2v) is 4.99. The summed E-state index contributed by atoms with van der Waals surface area (Å²) in [6.45, 7) is 4.22. The standard InChI is InChI=1S/C15H19NO2/c1-10-7-11(2)15-13(8-10)12(9-16(15)3)5-4-6-14(17)18/h7-9H,4-6H2,1-3H3,(H,17,18). The number of carbonyl (C=O) groups is 1. The summed E-state index contributed by atoms with van der Waals surface area (Å²) in [6, 6.07) is 4.38. The molecule has 0 saturated carbocycles. The normalized spacial score (nSPS) is 11.1. The van der Waals surface area contributed by atoms with Crippen molar-refractivity contribution >= 4 is 16.9 Å². The molecule has 1 aromatic heterocycles. The number of fused-ring (bicyclic) bond motifs is 1. The molecule has 0 aliphatic rings. The van der Waals surface area contributed by atoms with Crippen molar-refractivity contribution in [3.8, 4) is 0 Å². The largest absolute Gasteiger partial charge is 0.481 e. The van der Waals surface area contributed by atoms with Gasteiger partial charge in [0.25, 0.3) is 0 Å². The first-order chi connectivity index (χ1) is 8.49. The number of hydrogen-bond acceptors (Lipinski definition) is 1. The first kappa shape index (κ1) is 12.7. The lowest BCUT2D eigenvalue weighted by molar-refractivity contribution is -0.137. The van der Waals surface area contributed by atoms with Crippen LogP contribution in [0.25, 0.3) is 10.9 Å². The maximum atomic E-state index is 10.6. The lowest BCUT2D eigenvalue weighted by Gasteiger charge is -2.03. The Labute approximate surface area is 107 Å². The highest BCUT2D eigenvalue weighted by molar-refractivity contribution is 5.87. The fraction of sp³-hybridized carbons (Fsp3) is 0.400. The highest BCUT2D eigenvalue weighted by Crippen LogP contribution is 2.26. The van der Waals surface area contributed by atoms with E-state index in [9.17, 15) is 4.79 Å². The number of rotatable bonds is 4. The minimum Gasteiger partial charge on any atom is -0.481 e. The van der Waals surface area contributed by atoms with E-state index in [4.69, 9.17) is 5.11 Å². The van der Waals surface area contributed by atoms with Crippen molar-refractivity contribution in [1.29, 1.82) is 0 Å². The van der Waals surface area contributed by atoms with Crippen molar-refractivity contribution in [3.63, 3.8) is 0 Å². The molecule has 0 aliphatic heterocycles. The van der Waals surface area contributed by atoms with Gasteiger partial charge in [-0.05, 0) is 43.9 Å². The number of carboxylic acid groups (broad SMARTS) is 1. The van der Waals surface area contributed by atoms with Crippen molar-refractivity contribution < 1.29 is 9.90 Å². The predicted octanol–water partition coefficient (Wildman–Crippen LogP) is 3.20. The van der Waals surface area contributed by atoms with Crippen LogP contribution in [0, 0.1) is 13.8 Å². The van der Waals surface area contributed by atoms with Gasteiger partial charge >= 0.3 is 5.97 Å². The average molecular weight is 245 g/mol. The third-order valence-electron chi connectivity index (χ3n) is 3.33. The molecule has 0 aliphatic carbocycles. The van der Waals surface area contributed by atoms with E-state index in [0.29, 0.717) is 6.42 Å². The van der Waals surface area contributed by atoms with Gasteiger partial charge in [0.05, 0.1) is 5.52 Å². The second-order valence-electron chi connectivity index (χ2n) is 4.99. The smallest absolute Gasteiger partial charge is 0.303 e. The molecule has 0 spiro atoms. The van der Waals surface area contributed by atoms with Crippen molar-refractivity contribution in [3.05, 3.63) is 35.0 Å². The van der Waals surface area contributed by atoms with E-state index in [1.807, 2.05) is 7.05 Å². The van der Waals surface area contributed by atoms with Crippen LogP contribution in [0.1, 0.15) is 29.5 Å². The maximum Gasteiger partial charge on any atom is 0.303 e. The fourth-order valence-corrected chi connectivity index (χ4v) is 2.67. The predicted molar refractivity (Wildman–Crippen MR) is 73.0 cm³/mol. The van der Waals surface area contributed by atoms with E-state index in [-0.39, 0.29) is 6.42 Å². The Morgan fingerprint density at radius 2 is 2.06 bits per heavy atom. The first-order valence-corrected chi connectivity index (χ1v) is 6.26. The third-order valence-corrected chi connectivity index (χ3v) is 3.33. The van der Waals surface area contributed by atoms with Crippen LogP contribution >= 0.6 is 0 Å². The molecule has 0 saturated heterocycles. The summed E-state index contributed by atoms with van der Waals surface area (Å²) < 4.78 is 2.14. The van der Waals surface area contributed by atoms with Crippen LogP contribution in [0.15, 0.2) is 18.3 Å². The van der Waals surface area contributed by atoms with Gasteiger partial charge in [0.15, 0.2) is 0 Å². The first-order valence-electron chi connectivity index (χ1n) is 6.26. The van der Waals surface area contributed by atoms with Gasteiger partial charge in [0.2, 0.25) is 0 Å². The van der Waals surface area contributed by atoms with Crippen LogP contribution < -0.4 is 0 Å². The highest BCUT2D eigenvalue weighted by atomic mass is 16.4. The third kappa shape index (κ3) is 2.40. The molecule has 18 heavy (non-hydrogen) atoms. The molecule has 1 N–H and O–H groups in total. The lowest BCUT2D eigenvalue weighted by atomic mass is 10.0. The average Bonchev–Trinajstić information content (AvgIpc) is 2.55. The van der Waals surface area contributed by atoms with E-state index >= 15 is 0 Å². The van der Waals surface area contributed by atoms with Crippen LogP contribution in [-0.2, 0) is 18.3 Å². The Hall–Kier alpha value is -1.77. The Morgan fingerprint density at radius 1 is 1.33 bits per heavy atom. The Bertz CT molecular complexity index is 596. The van der Waals surface area contributed by atoms with Crippen molar-refractivity contribution in [2.75, 3.05) is 0 Å². The quantitative estimate of drug-likeness (QED) is 0.898. The molecule has 1 heterocycles. The molecule has 1 aromatic carbocycles. The van der Waals surface area contributed by atoms with Crippen LogP contribution in [0.5, 0.6) is 0 Å². The molecule has 0 bridgehead atoms. The molecule has 3 nitrogen and oxygen atoms in total. The van der Waals surface area contributed by atoms with Crippen molar-refractivity contribution in [2.45, 2.75) is 33.1 Å². The number of aryl methyl sites for hydroxylation is 4. The van der Waals surface area contributed by atoms with Gasteiger partial charge in [-0.15, -0.1) is 0 Å². The molecule has 96 valence electrons. The fourth-order valence-electron chi connectivity index (χ4n) is 2.67. The van der Waals surface area contributed by atoms with Crippen molar-refractivity contribution in [1.82, 2.24) is 4.57 Å². The number of nitrogens with zero attached hydrogens (tertiary/aromatic N) is 1. The summed E-state index contributed by atoms with van der Waals surface area (Å²) in [5, 5.41) is 9.96. The zero-order valence-corrected chi connectivity index (χ0v) is 11.2. The van der Waals surface area contributed by atoms with Gasteiger partial charge in [-0.1, -0.05) is 11.6 Å². The lowest BCUT2D eigenvalue weighted by Crippen LogP contribution is -1.95. The second kappa shape index (κ2) is 4.84. The Kier molecular flexibility index (Phi) is 3.41. The Morgan fingerprint density at radius 3 is 2.72 bits per heavy atom. The number of hydrogen-bond donors (Lipinski definition) is 1. The van der Waals surface area contributed by atoms with Gasteiger partial charge in [-0.25, -0.2) is 0 Å². The summed E-state index contributed by atoms with van der Waals surface area (Å²) in [7, 11) is 2.05. The van der Waals surface area contributed by atoms with E-state index in [2.05, 4.69) is 36.7 Å². The molecule has 3 heteroatoms. The van der Waals surface area contributed by atoms with E-state index in [1.54, 1.807) is 0 Å². The summed E-state index contributed by atoms with van der Waals surface area (Å²) >= 11 is 0. The molecule has 0 atom stereocenters. The topological polar surface area (TPSA) is 42.2 Å². The van der Waals surface area contributed by atoms with Crippen LogP contribution in [0.4, 0.5) is 0 Å². The summed E-state index contributed by atoms with van der Waals surface area (Å²) in [4.78, 5) is 10.6. The van der Waals surface area contributed by atoms with Crippen LogP contribution in [0.3, 0.4) is 0 Å². The van der Waals surface area contributed by atoms with Crippen LogP contribution in [0.2, 0.25) is 0 Å². The number of carboxylic acids is 1. The molecule has 0 amide bonds. The number of benzene rings is 1. The molecule has 0 unspecified atom stereocenters. The molecular weight excluding hydrogens is 226 g/mol. The van der Waals surface area contributed by atoms with Gasteiger partial charge in [-0.2, -0.15) is 0 Å². The number of aliphatic carboxylic acids is 1. The molecule has 2 aromatic rings. The molecule has 0 fully saturated rings. The van der Waals surface area contributed by atoms with Gasteiger partial charge in [0, 0.05) is 25.1 Å².